The Morgan fingerprint density at radius 1 is 0.459 bits per heavy atom. The molecule has 0 N–H and O–H groups in total. The Bertz CT molecular complexity index is 3050. The normalized spacial score (nSPS) is 13.2. The van der Waals surface area contributed by atoms with Crippen molar-refractivity contribution in [1.29, 1.82) is 0 Å². The predicted octanol–water partition coefficient (Wildman–Crippen LogP) is 13.5. The average molecular weight is 781 g/mol. The molecule has 61 heavy (non-hydrogen) atoms. The fourth-order valence-electron chi connectivity index (χ4n) is 9.39. The highest BCUT2D eigenvalue weighted by molar-refractivity contribution is 5.97. The van der Waals surface area contributed by atoms with E-state index < -0.39 is 5.41 Å². The number of rotatable bonds is 8. The summed E-state index contributed by atoms with van der Waals surface area (Å²) in [6, 6.07) is 68.5. The van der Waals surface area contributed by atoms with Crippen molar-refractivity contribution in [2.75, 3.05) is 0 Å². The first-order valence-electron chi connectivity index (χ1n) is 20.9. The minimum absolute atomic E-state index is 0.543. The Morgan fingerprint density at radius 2 is 0.934 bits per heavy atom. The number of hydrogen-bond acceptors (Lipinski definition) is 4. The zero-order chi connectivity index (χ0) is 40.8. The maximum atomic E-state index is 5.52. The van der Waals surface area contributed by atoms with Crippen LogP contribution in [0.1, 0.15) is 40.6 Å². The predicted molar refractivity (Wildman–Crippen MR) is 249 cm³/mol. The lowest BCUT2D eigenvalue weighted by atomic mass is 9.69. The summed E-state index contributed by atoms with van der Waals surface area (Å²) < 4.78 is 0. The van der Waals surface area contributed by atoms with Crippen molar-refractivity contribution < 1.29 is 0 Å². The van der Waals surface area contributed by atoms with Crippen molar-refractivity contribution in [2.24, 2.45) is 0 Å². The third kappa shape index (κ3) is 6.07. The van der Waals surface area contributed by atoms with E-state index in [0.717, 1.165) is 68.2 Å². The van der Waals surface area contributed by atoms with Gasteiger partial charge in [0.05, 0.1) is 28.2 Å². The Morgan fingerprint density at radius 3 is 1.52 bits per heavy atom. The molecule has 2 aromatic heterocycles. The number of aromatic nitrogens is 4. The fourth-order valence-corrected chi connectivity index (χ4v) is 9.39. The highest BCUT2D eigenvalue weighted by Crippen LogP contribution is 2.63. The first-order valence-corrected chi connectivity index (χ1v) is 20.9. The molecule has 2 heterocycles. The van der Waals surface area contributed by atoms with Gasteiger partial charge in [-0.15, -0.1) is 0 Å². The van der Waals surface area contributed by atoms with Crippen LogP contribution >= 0.6 is 0 Å². The summed E-state index contributed by atoms with van der Waals surface area (Å²) in [5.74, 6) is 1.42. The number of benzene rings is 7. The van der Waals surface area contributed by atoms with Crippen molar-refractivity contribution in [2.45, 2.75) is 18.8 Å². The summed E-state index contributed by atoms with van der Waals surface area (Å²) in [5.41, 5.74) is 18.2. The molecule has 0 atom stereocenters. The van der Waals surface area contributed by atoms with Gasteiger partial charge in [-0.3, -0.25) is 0 Å². The molecule has 11 rings (SSSR count). The molecule has 0 radical (unpaired) electrons. The van der Waals surface area contributed by atoms with Gasteiger partial charge in [-0.25, -0.2) is 19.9 Å². The molecule has 0 unspecified atom stereocenters. The molecule has 0 saturated heterocycles. The zero-order valence-electron chi connectivity index (χ0n) is 33.7. The maximum Gasteiger partial charge on any atom is 0.160 e. The van der Waals surface area contributed by atoms with Gasteiger partial charge in [-0.2, -0.15) is 0 Å². The Balaban J connectivity index is 0.956. The van der Waals surface area contributed by atoms with E-state index in [0.29, 0.717) is 11.6 Å². The van der Waals surface area contributed by atoms with E-state index in [4.69, 9.17) is 19.9 Å². The van der Waals surface area contributed by atoms with E-state index in [9.17, 15) is 0 Å². The van der Waals surface area contributed by atoms with Crippen LogP contribution < -0.4 is 0 Å². The summed E-state index contributed by atoms with van der Waals surface area (Å²) in [5, 5.41) is 0. The molecule has 0 bridgehead atoms. The average Bonchev–Trinajstić information content (AvgIpc) is 3.81. The Hall–Kier alpha value is -7.82. The number of nitrogens with zero attached hydrogens (tertiary/aromatic N) is 4. The summed E-state index contributed by atoms with van der Waals surface area (Å²) in [6.07, 6.45) is 7.26. The van der Waals surface area contributed by atoms with Gasteiger partial charge in [0.25, 0.3) is 0 Å². The topological polar surface area (TPSA) is 51.6 Å². The molecule has 288 valence electrons. The monoisotopic (exact) mass is 780 g/mol. The smallest absolute Gasteiger partial charge is 0.160 e. The molecule has 2 aliphatic rings. The third-order valence-corrected chi connectivity index (χ3v) is 12.2. The van der Waals surface area contributed by atoms with Gasteiger partial charge in [0.1, 0.15) is 0 Å². The highest BCUT2D eigenvalue weighted by atomic mass is 14.9. The van der Waals surface area contributed by atoms with E-state index >= 15 is 0 Å². The van der Waals surface area contributed by atoms with Crippen molar-refractivity contribution in [3.8, 4) is 67.5 Å². The van der Waals surface area contributed by atoms with E-state index in [2.05, 4.69) is 183 Å². The summed E-state index contributed by atoms with van der Waals surface area (Å²) in [6.45, 7) is 2.07. The van der Waals surface area contributed by atoms with Crippen molar-refractivity contribution >= 4 is 5.57 Å². The molecule has 0 amide bonds. The molecule has 9 aromatic rings. The third-order valence-electron chi connectivity index (χ3n) is 12.2. The molecule has 0 aliphatic heterocycles. The molecule has 2 aliphatic carbocycles. The van der Waals surface area contributed by atoms with E-state index in [1.54, 1.807) is 0 Å². The SMILES string of the molecule is C/C=C(\C=C/Cc1ccc(-c2cc(-c3ccccc3)nc(-c3ccccc3)n2)cc1)c1nc(-c2ccccc2)c2c(n1)-c1ccccc1C21c2ccccc2-c2ccccc21. The van der Waals surface area contributed by atoms with Gasteiger partial charge in [-0.1, -0.05) is 206 Å². The van der Waals surface area contributed by atoms with E-state index in [-0.39, 0.29) is 0 Å². The summed E-state index contributed by atoms with van der Waals surface area (Å²) >= 11 is 0. The van der Waals surface area contributed by atoms with Crippen LogP contribution in [0.5, 0.6) is 0 Å². The molecular formula is C57H40N4. The maximum absolute atomic E-state index is 5.52. The number of fused-ring (bicyclic) bond motifs is 10. The van der Waals surface area contributed by atoms with Gasteiger partial charge in [0.2, 0.25) is 0 Å². The minimum atomic E-state index is -0.543. The summed E-state index contributed by atoms with van der Waals surface area (Å²) in [4.78, 5) is 21.0. The molecule has 1 spiro atoms. The van der Waals surface area contributed by atoms with Crippen molar-refractivity contribution in [3.05, 3.63) is 246 Å². The number of allylic oxidation sites excluding steroid dienone is 4. The zero-order valence-corrected chi connectivity index (χ0v) is 33.7. The molecule has 0 saturated carbocycles. The molecule has 7 aromatic carbocycles. The molecule has 0 fully saturated rings. The first-order chi connectivity index (χ1) is 30.2. The van der Waals surface area contributed by atoms with E-state index in [1.165, 1.54) is 33.4 Å². The second-order valence-electron chi connectivity index (χ2n) is 15.6. The Kier molecular flexibility index (Phi) is 8.97. The van der Waals surface area contributed by atoms with Crippen LogP contribution in [-0.4, -0.2) is 19.9 Å². The number of hydrogen-bond donors (Lipinski definition) is 0. The molecule has 4 nitrogen and oxygen atoms in total. The van der Waals surface area contributed by atoms with Crippen LogP contribution in [0.25, 0.3) is 73.1 Å². The van der Waals surface area contributed by atoms with Crippen LogP contribution in [-0.2, 0) is 11.8 Å². The van der Waals surface area contributed by atoms with Crippen LogP contribution in [0.4, 0.5) is 0 Å². The van der Waals surface area contributed by atoms with Gasteiger partial charge < -0.3 is 0 Å². The lowest BCUT2D eigenvalue weighted by molar-refractivity contribution is 0.786. The van der Waals surface area contributed by atoms with Gasteiger partial charge in [0.15, 0.2) is 11.6 Å². The first kappa shape index (κ1) is 36.3. The van der Waals surface area contributed by atoms with Crippen LogP contribution in [0.3, 0.4) is 0 Å². The van der Waals surface area contributed by atoms with Crippen LogP contribution in [0.2, 0.25) is 0 Å². The largest absolute Gasteiger partial charge is 0.228 e. The van der Waals surface area contributed by atoms with Gasteiger partial charge in [-0.05, 0) is 52.8 Å². The van der Waals surface area contributed by atoms with E-state index in [1.807, 2.05) is 36.4 Å². The standard InChI is InChI=1S/C57H40N4/c1-2-39(26-18-19-38-33-35-41(36-34-38)51-37-50(40-20-6-3-7-21-40)58-56(59-51)43-24-10-5-11-25-43)55-60-53(42-22-8-4-9-23-42)52-54(61-55)46-29-14-17-32-49(46)57(52)47-30-15-12-27-44(47)45-28-13-16-31-48(45)57/h2-18,20-37H,19H2,1H3/b26-18-,39-2+. The second kappa shape index (κ2) is 15.1. The Labute approximate surface area is 356 Å². The second-order valence-corrected chi connectivity index (χ2v) is 15.6. The van der Waals surface area contributed by atoms with Gasteiger partial charge >= 0.3 is 0 Å². The van der Waals surface area contributed by atoms with Gasteiger partial charge in [0, 0.05) is 39.0 Å². The minimum Gasteiger partial charge on any atom is -0.228 e. The summed E-state index contributed by atoms with van der Waals surface area (Å²) in [7, 11) is 0. The fraction of sp³-hybridized carbons (Fsp3) is 0.0526. The van der Waals surface area contributed by atoms with Crippen LogP contribution in [0.15, 0.2) is 212 Å². The lowest BCUT2D eigenvalue weighted by Gasteiger charge is -2.31. The quantitative estimate of drug-likeness (QED) is 0.144. The highest BCUT2D eigenvalue weighted by Gasteiger charge is 2.54. The van der Waals surface area contributed by atoms with Crippen molar-refractivity contribution in [3.63, 3.8) is 0 Å². The van der Waals surface area contributed by atoms with Crippen molar-refractivity contribution in [1.82, 2.24) is 19.9 Å². The lowest BCUT2D eigenvalue weighted by Crippen LogP contribution is -2.27. The molecular weight excluding hydrogens is 741 g/mol. The van der Waals surface area contributed by atoms with Crippen LogP contribution in [0, 0.1) is 0 Å². The molecule has 4 heteroatoms.